The van der Waals surface area contributed by atoms with Gasteiger partial charge in [0.05, 0.1) is 5.57 Å². The molecule has 5 N–H and O–H groups in total. The lowest BCUT2D eigenvalue weighted by molar-refractivity contribution is -0.102. The Bertz CT molecular complexity index is 351. The fourth-order valence-electron chi connectivity index (χ4n) is 1.70. The summed E-state index contributed by atoms with van der Waals surface area (Å²) in [6.07, 6.45) is -2.36. The number of hydrogen-bond acceptors (Lipinski definition) is 4. The Morgan fingerprint density at radius 2 is 1.88 bits per heavy atom. The first-order valence-corrected chi connectivity index (χ1v) is 4.52. The summed E-state index contributed by atoms with van der Waals surface area (Å²) < 4.78 is 38.0. The van der Waals surface area contributed by atoms with Crippen molar-refractivity contribution in [3.8, 4) is 0 Å². The normalized spacial score (nSPS) is 28.0. The molecule has 0 aromatic carbocycles. The van der Waals surface area contributed by atoms with Crippen LogP contribution < -0.4 is 16.8 Å². The van der Waals surface area contributed by atoms with Crippen LogP contribution in [0.2, 0.25) is 0 Å². The molecule has 1 saturated carbocycles. The first-order valence-electron chi connectivity index (χ1n) is 4.52. The molecule has 1 unspecified atom stereocenters. The first-order chi connectivity index (χ1) is 6.84. The molecule has 0 aromatic heterocycles. The zero-order valence-corrected chi connectivity index (χ0v) is 10.3. The second-order valence-electron chi connectivity index (χ2n) is 3.80. The summed E-state index contributed by atoms with van der Waals surface area (Å²) in [5.74, 6) is -0.330. The second-order valence-corrected chi connectivity index (χ2v) is 3.80. The van der Waals surface area contributed by atoms with Crippen molar-refractivity contribution in [2.45, 2.75) is 24.7 Å². The molecule has 1 fully saturated rings. The van der Waals surface area contributed by atoms with E-state index in [1.807, 2.05) is 0 Å². The van der Waals surface area contributed by atoms with E-state index in [4.69, 9.17) is 11.5 Å². The van der Waals surface area contributed by atoms with Crippen molar-refractivity contribution >= 4 is 30.8 Å². The highest BCUT2D eigenvalue weighted by molar-refractivity contribution is 5.85. The Morgan fingerprint density at radius 3 is 2.29 bits per heavy atom. The largest absolute Gasteiger partial charge is 0.417 e. The van der Waals surface area contributed by atoms with Crippen LogP contribution in [0.15, 0.2) is 16.8 Å². The molecule has 1 aliphatic heterocycles. The van der Waals surface area contributed by atoms with E-state index in [1.54, 1.807) is 0 Å². The van der Waals surface area contributed by atoms with Gasteiger partial charge < -0.3 is 16.8 Å². The Balaban J connectivity index is 0.00000128. The van der Waals surface area contributed by atoms with E-state index in [9.17, 15) is 13.2 Å². The Morgan fingerprint density at radius 1 is 1.35 bits per heavy atom. The van der Waals surface area contributed by atoms with Crippen molar-refractivity contribution in [1.29, 1.82) is 0 Å². The number of nitrogens with one attached hydrogen (secondary N) is 1. The third-order valence-electron chi connectivity index (χ3n) is 2.61. The van der Waals surface area contributed by atoms with Crippen LogP contribution in [0, 0.1) is 5.92 Å². The topological polar surface area (TPSA) is 76.4 Å². The summed E-state index contributed by atoms with van der Waals surface area (Å²) in [7, 11) is 0. The minimum atomic E-state index is -4.48. The predicted octanol–water partition coefficient (Wildman–Crippen LogP) is 1.26. The van der Waals surface area contributed by atoms with Crippen molar-refractivity contribution < 1.29 is 13.2 Å². The molecule has 2 aliphatic rings. The number of nitrogens with zero attached hydrogens (tertiary/aromatic N) is 1. The van der Waals surface area contributed by atoms with Gasteiger partial charge in [0.25, 0.3) is 0 Å². The maximum Gasteiger partial charge on any atom is 0.417 e. The lowest BCUT2D eigenvalue weighted by Crippen LogP contribution is -2.53. The number of aliphatic imine (C=N–C) groups is 1. The third-order valence-corrected chi connectivity index (χ3v) is 2.61. The average molecular weight is 293 g/mol. The van der Waals surface area contributed by atoms with Crippen LogP contribution in [-0.4, -0.2) is 17.8 Å². The van der Waals surface area contributed by atoms with Crippen LogP contribution in [0.5, 0.6) is 0 Å². The Labute approximate surface area is 109 Å². The van der Waals surface area contributed by atoms with E-state index in [2.05, 4.69) is 10.3 Å². The summed E-state index contributed by atoms with van der Waals surface area (Å²) in [5.41, 5.74) is 8.46. The van der Waals surface area contributed by atoms with Gasteiger partial charge in [-0.25, -0.2) is 4.99 Å². The number of hydrogen-bond donors (Lipinski definition) is 3. The molecule has 0 amide bonds. The molecule has 100 valence electrons. The summed E-state index contributed by atoms with van der Waals surface area (Å²) in [4.78, 5) is 3.70. The van der Waals surface area contributed by atoms with E-state index in [1.165, 1.54) is 0 Å². The van der Waals surface area contributed by atoms with Crippen LogP contribution in [0.3, 0.4) is 0 Å². The van der Waals surface area contributed by atoms with Crippen LogP contribution in [0.25, 0.3) is 0 Å². The molecule has 0 radical (unpaired) electrons. The van der Waals surface area contributed by atoms with Crippen LogP contribution in [0.1, 0.15) is 12.8 Å². The molecule has 2 rings (SSSR count). The van der Waals surface area contributed by atoms with Gasteiger partial charge >= 0.3 is 6.18 Å². The first kappa shape index (κ1) is 16.3. The number of guanidine groups is 1. The lowest BCUT2D eigenvalue weighted by atomic mass is 9.95. The number of halogens is 5. The van der Waals surface area contributed by atoms with Gasteiger partial charge in [-0.05, 0) is 12.8 Å². The van der Waals surface area contributed by atoms with Crippen molar-refractivity contribution in [1.82, 2.24) is 5.32 Å². The predicted molar refractivity (Wildman–Crippen MR) is 63.0 cm³/mol. The van der Waals surface area contributed by atoms with Crippen LogP contribution in [-0.2, 0) is 0 Å². The minimum Gasteiger partial charge on any atom is -0.370 e. The fraction of sp³-hybridized carbons (Fsp3) is 0.625. The quantitative estimate of drug-likeness (QED) is 0.681. The second kappa shape index (κ2) is 4.91. The van der Waals surface area contributed by atoms with Crippen LogP contribution in [0.4, 0.5) is 13.2 Å². The third kappa shape index (κ3) is 2.97. The molecule has 0 spiro atoms. The van der Waals surface area contributed by atoms with Gasteiger partial charge in [-0.1, -0.05) is 0 Å². The van der Waals surface area contributed by atoms with Crippen molar-refractivity contribution in [3.63, 3.8) is 0 Å². The molecule has 1 heterocycles. The highest BCUT2D eigenvalue weighted by atomic mass is 35.5. The monoisotopic (exact) mass is 292 g/mol. The molecule has 0 aromatic rings. The molecular weight excluding hydrogens is 280 g/mol. The van der Waals surface area contributed by atoms with E-state index in [-0.39, 0.29) is 36.7 Å². The van der Waals surface area contributed by atoms with Gasteiger partial charge in [0.1, 0.15) is 5.66 Å². The molecule has 0 bridgehead atoms. The van der Waals surface area contributed by atoms with Gasteiger partial charge in [-0.3, -0.25) is 0 Å². The maximum absolute atomic E-state index is 12.7. The van der Waals surface area contributed by atoms with Crippen molar-refractivity contribution in [3.05, 3.63) is 11.8 Å². The van der Waals surface area contributed by atoms with E-state index in [0.29, 0.717) is 12.8 Å². The lowest BCUT2D eigenvalue weighted by Gasteiger charge is -2.32. The summed E-state index contributed by atoms with van der Waals surface area (Å²) in [5, 5.41) is 2.24. The van der Waals surface area contributed by atoms with Gasteiger partial charge in [0.2, 0.25) is 0 Å². The molecular formula is C8H13Cl2F3N4. The highest BCUT2D eigenvalue weighted by Gasteiger charge is 2.55. The van der Waals surface area contributed by atoms with Gasteiger partial charge in [-0.15, -0.1) is 24.8 Å². The zero-order valence-electron chi connectivity index (χ0n) is 8.62. The Hall–Kier alpha value is -0.660. The SMILES string of the molecule is Cl.Cl.NC1=NC(N)(C2CC2)C(C(F)(F)F)=CN1. The molecule has 4 nitrogen and oxygen atoms in total. The minimum absolute atomic E-state index is 0. The Kier molecular flexibility index (Phi) is 4.72. The van der Waals surface area contributed by atoms with Crippen LogP contribution >= 0.6 is 24.8 Å². The number of nitrogens with two attached hydrogens (primary N) is 2. The standard InChI is InChI=1S/C8H11F3N4.2ClH/c9-8(10,11)5-3-14-6(12)15-7(5,13)4-1-2-4;;/h3-4H,1-2,13H2,(H3,12,14,15);2*1H. The highest BCUT2D eigenvalue weighted by Crippen LogP contribution is 2.47. The van der Waals surface area contributed by atoms with E-state index >= 15 is 0 Å². The van der Waals surface area contributed by atoms with Crippen molar-refractivity contribution in [2.24, 2.45) is 22.4 Å². The molecule has 1 aliphatic carbocycles. The molecule has 9 heteroatoms. The number of rotatable bonds is 1. The fourth-order valence-corrected chi connectivity index (χ4v) is 1.70. The summed E-state index contributed by atoms with van der Waals surface area (Å²) in [6, 6.07) is 0. The maximum atomic E-state index is 12.7. The smallest absolute Gasteiger partial charge is 0.370 e. The average Bonchev–Trinajstić information content (AvgIpc) is 2.81. The molecule has 1 atom stereocenters. The molecule has 0 saturated heterocycles. The van der Waals surface area contributed by atoms with E-state index in [0.717, 1.165) is 6.20 Å². The van der Waals surface area contributed by atoms with E-state index < -0.39 is 17.4 Å². The van der Waals surface area contributed by atoms with Gasteiger partial charge in [0, 0.05) is 12.1 Å². The molecule has 17 heavy (non-hydrogen) atoms. The van der Waals surface area contributed by atoms with Gasteiger partial charge in [-0.2, -0.15) is 13.2 Å². The summed E-state index contributed by atoms with van der Waals surface area (Å²) >= 11 is 0. The zero-order chi connectivity index (χ0) is 11.3. The summed E-state index contributed by atoms with van der Waals surface area (Å²) in [6.45, 7) is 0. The van der Waals surface area contributed by atoms with Crippen molar-refractivity contribution in [2.75, 3.05) is 0 Å². The van der Waals surface area contributed by atoms with Gasteiger partial charge in [0.15, 0.2) is 5.96 Å². The number of alkyl halides is 3.